The molecule has 0 aliphatic carbocycles. The number of amides is 7. The third-order valence-corrected chi connectivity index (χ3v) is 15.8. The molecule has 0 heterocycles. The number of nitrogens with zero attached hydrogens (tertiary/aromatic N) is 5. The third-order valence-electron chi connectivity index (χ3n) is 12.5. The molecular weight excluding hydrogens is 1530 g/mol. The molecule has 0 bridgehead atoms. The van der Waals surface area contributed by atoms with Gasteiger partial charge in [-0.1, -0.05) is 46.1 Å². The van der Waals surface area contributed by atoms with E-state index in [9.17, 15) is 80.5 Å². The molecule has 0 aromatic heterocycles. The average molecular weight is 1620 g/mol. The fourth-order valence-electron chi connectivity index (χ4n) is 7.76. The van der Waals surface area contributed by atoms with Crippen LogP contribution in [-0.4, -0.2) is 267 Å². The number of hydrogen-bond donors (Lipinski definition) is 14. The molecule has 4 atom stereocenters. The maximum absolute atomic E-state index is 12.2. The summed E-state index contributed by atoms with van der Waals surface area (Å²) >= 11 is 0. The Labute approximate surface area is 603 Å². The first-order valence-corrected chi connectivity index (χ1v) is 39.4. The van der Waals surface area contributed by atoms with Crippen molar-refractivity contribution in [3.63, 3.8) is 0 Å². The van der Waals surface area contributed by atoms with Crippen LogP contribution in [0, 0.1) is 0 Å². The van der Waals surface area contributed by atoms with Gasteiger partial charge in [0.15, 0.2) is 0 Å². The first kappa shape index (κ1) is 97.8. The SMILES string of the molecule is C=CC(=O)N(CC)CC(COc1ccc(OCC(CN(CC)C(=O)C=C)OP(=O)(O)O)cc1)OP(=O)(O)O.C=CC(=O)N(CCOP(=O)(O)O)CCN(CCN(CCOP(=O)(O)O)C(=O)C=C)C(=O)C=C.C=CC(=O)NCC(COc1ccc(OCC(CNC(=O)C=C)OP(=O)(O)O)cc1)OP(=O)(O)O. The summed E-state index contributed by atoms with van der Waals surface area (Å²) in [6.07, 6.45) is 2.47. The van der Waals surface area contributed by atoms with Gasteiger partial charge in [0.25, 0.3) is 0 Å². The van der Waals surface area contributed by atoms with Gasteiger partial charge < -0.3 is 113 Å². The lowest BCUT2D eigenvalue weighted by Gasteiger charge is -2.29. The van der Waals surface area contributed by atoms with Crippen molar-refractivity contribution in [1.29, 1.82) is 0 Å². The number of phosphoric acid groups is 6. The maximum Gasteiger partial charge on any atom is 0.470 e. The topological polar surface area (TPSA) is 597 Å². The number of benzene rings is 2. The summed E-state index contributed by atoms with van der Waals surface area (Å²) in [6, 6.07) is 11.7. The molecule has 0 aliphatic heterocycles. The first-order chi connectivity index (χ1) is 48.7. The Morgan fingerprint density at radius 2 is 0.571 bits per heavy atom. The summed E-state index contributed by atoms with van der Waals surface area (Å²) in [5.41, 5.74) is 0. The highest BCUT2D eigenvalue weighted by molar-refractivity contribution is 7.47. The van der Waals surface area contributed by atoms with Crippen LogP contribution in [0.3, 0.4) is 0 Å². The molecule has 7 amide bonds. The number of ether oxygens (including phenoxy) is 4. The molecule has 0 saturated carbocycles. The lowest BCUT2D eigenvalue weighted by atomic mass is 10.3. The van der Waals surface area contributed by atoms with E-state index in [4.69, 9.17) is 67.1 Å². The third kappa shape index (κ3) is 49.3. The van der Waals surface area contributed by atoms with Crippen molar-refractivity contribution >= 4 is 88.3 Å². The number of rotatable bonds is 51. The molecule has 14 N–H and O–H groups in total. The van der Waals surface area contributed by atoms with Gasteiger partial charge >= 0.3 is 46.9 Å². The lowest BCUT2D eigenvalue weighted by molar-refractivity contribution is -0.131. The van der Waals surface area contributed by atoms with Crippen molar-refractivity contribution in [2.24, 2.45) is 0 Å². The van der Waals surface area contributed by atoms with E-state index in [0.29, 0.717) is 0 Å². The molecule has 4 unspecified atom stereocenters. The van der Waals surface area contributed by atoms with Gasteiger partial charge in [-0.05, 0) is 105 Å². The summed E-state index contributed by atoms with van der Waals surface area (Å²) < 4.78 is 116. The quantitative estimate of drug-likeness (QED) is 0.0320. The van der Waals surface area contributed by atoms with Crippen LogP contribution in [0.2, 0.25) is 0 Å². The normalized spacial score (nSPS) is 12.7. The second kappa shape index (κ2) is 49.6. The molecular formula is C57H89N7O35P6. The van der Waals surface area contributed by atoms with Gasteiger partial charge in [-0.15, -0.1) is 0 Å². The van der Waals surface area contributed by atoms with Gasteiger partial charge in [0, 0.05) is 65.4 Å². The second-order valence-electron chi connectivity index (χ2n) is 20.4. The van der Waals surface area contributed by atoms with E-state index < -0.39 is 126 Å². The molecule has 0 fully saturated rings. The number of nitrogens with one attached hydrogen (secondary N) is 2. The fraction of sp³-hybridized carbons (Fsp3) is 0.421. The van der Waals surface area contributed by atoms with Crippen LogP contribution >= 0.6 is 46.9 Å². The molecule has 2 aromatic carbocycles. The molecule has 0 spiro atoms. The summed E-state index contributed by atoms with van der Waals surface area (Å²) in [5, 5.41) is 4.68. The Bertz CT molecular complexity index is 3250. The van der Waals surface area contributed by atoms with Crippen molar-refractivity contribution in [1.82, 2.24) is 35.1 Å². The Morgan fingerprint density at radius 3 is 0.781 bits per heavy atom. The molecule has 0 radical (unpaired) electrons. The minimum absolute atomic E-state index is 0.0323. The summed E-state index contributed by atoms with van der Waals surface area (Å²) in [7, 11) is -28.9. The van der Waals surface area contributed by atoms with Crippen LogP contribution in [0.25, 0.3) is 0 Å². The van der Waals surface area contributed by atoms with Crippen LogP contribution in [-0.2, 0) is 88.1 Å². The Kier molecular flexibility index (Phi) is 46.2. The van der Waals surface area contributed by atoms with Crippen molar-refractivity contribution in [3.8, 4) is 23.0 Å². The van der Waals surface area contributed by atoms with Gasteiger partial charge in [-0.2, -0.15) is 0 Å². The van der Waals surface area contributed by atoms with E-state index in [1.807, 2.05) is 0 Å². The zero-order chi connectivity index (χ0) is 80.4. The van der Waals surface area contributed by atoms with Gasteiger partial charge in [0.05, 0.1) is 26.3 Å². The molecule has 105 heavy (non-hydrogen) atoms. The van der Waals surface area contributed by atoms with Crippen molar-refractivity contribution in [2.75, 3.05) is 118 Å². The van der Waals surface area contributed by atoms with Crippen LogP contribution in [0.1, 0.15) is 13.8 Å². The lowest BCUT2D eigenvalue weighted by Crippen LogP contribution is -2.45. The zero-order valence-electron chi connectivity index (χ0n) is 56.8. The van der Waals surface area contributed by atoms with Gasteiger partial charge in [0.2, 0.25) is 41.4 Å². The van der Waals surface area contributed by atoms with Crippen molar-refractivity contribution < 1.29 is 166 Å². The molecule has 0 saturated heterocycles. The summed E-state index contributed by atoms with van der Waals surface area (Å²) in [6.45, 7) is 23.8. The van der Waals surface area contributed by atoms with Crippen LogP contribution in [0.4, 0.5) is 0 Å². The van der Waals surface area contributed by atoms with Gasteiger partial charge in [-0.3, -0.25) is 60.7 Å². The molecule has 42 nitrogen and oxygen atoms in total. The Hall–Kier alpha value is -7.23. The van der Waals surface area contributed by atoms with Crippen molar-refractivity contribution in [2.45, 2.75) is 38.3 Å². The maximum atomic E-state index is 12.2. The number of hydrogen-bond acceptors (Lipinski definition) is 23. The predicted molar refractivity (Wildman–Crippen MR) is 370 cm³/mol. The van der Waals surface area contributed by atoms with E-state index in [1.54, 1.807) is 13.8 Å². The molecule has 592 valence electrons. The minimum Gasteiger partial charge on any atom is -0.491 e. The minimum atomic E-state index is -4.87. The summed E-state index contributed by atoms with van der Waals surface area (Å²) in [5.74, 6) is -2.55. The highest BCUT2D eigenvalue weighted by atomic mass is 31.2. The highest BCUT2D eigenvalue weighted by Crippen LogP contribution is 2.41. The van der Waals surface area contributed by atoms with Crippen molar-refractivity contribution in [3.05, 3.63) is 137 Å². The van der Waals surface area contributed by atoms with E-state index in [1.165, 1.54) is 63.2 Å². The van der Waals surface area contributed by atoms with Crippen LogP contribution in [0.5, 0.6) is 23.0 Å². The fourth-order valence-corrected chi connectivity index (χ4v) is 10.5. The number of likely N-dealkylation sites (N-methyl/N-ethyl adjacent to an activating group) is 2. The van der Waals surface area contributed by atoms with E-state index in [0.717, 1.165) is 52.3 Å². The standard InChI is InChI=1S/C22H34N2O12P2.C18H26N2O12P2.C17H29N3O11P2/c1-5-21(25)23(7-3)13-19(35-37(27,28)29)15-33-17-9-11-18(12-10-17)34-16-20(36-38(30,31)32)14-24(8-4)22(26)6-2;1-3-17(21)19-9-15(31-33(23,24)25)11-29-13-5-7-14(8-6-13)30-12-16(32-34(26,27)28)10-20-18(22)4-2;1-4-15(21)18(7-9-19(16(22)5-2)11-13-30-32(24,25)26)8-10-20(17(23)6-3)12-14-31-33(27,28)29/h5-6,9-12,19-20H,1-2,7-8,13-16H2,3-4H3,(H2,27,28,29)(H2,30,31,32);3-8,15-16H,1-2,9-12H2,(H,19,21)(H,20,22)(H2,23,24,25)(H2,26,27,28);4-6H,1-3,7-14H2,(H2,24,25,26)(H2,27,28,29). The first-order valence-electron chi connectivity index (χ1n) is 30.2. The average Bonchev–Trinajstić information content (AvgIpc) is 0.927. The van der Waals surface area contributed by atoms with Gasteiger partial charge in [0.1, 0.15) is 73.8 Å². The predicted octanol–water partition coefficient (Wildman–Crippen LogP) is 0.722. The Balaban J connectivity index is 0.00000155. The Morgan fingerprint density at radius 1 is 0.352 bits per heavy atom. The zero-order valence-corrected chi connectivity index (χ0v) is 62.2. The smallest absolute Gasteiger partial charge is 0.470 e. The molecule has 0 aliphatic rings. The number of carbonyl (C=O) groups excluding carboxylic acids is 7. The van der Waals surface area contributed by atoms with E-state index in [-0.39, 0.29) is 128 Å². The molecule has 2 rings (SSSR count). The highest BCUT2D eigenvalue weighted by Gasteiger charge is 2.30. The van der Waals surface area contributed by atoms with E-state index >= 15 is 0 Å². The largest absolute Gasteiger partial charge is 0.491 e. The van der Waals surface area contributed by atoms with Gasteiger partial charge in [-0.25, -0.2) is 27.4 Å². The molecule has 48 heteroatoms. The number of phosphoric ester groups is 6. The summed E-state index contributed by atoms with van der Waals surface area (Å²) in [4.78, 5) is 196. The van der Waals surface area contributed by atoms with E-state index in [2.05, 4.69) is 74.8 Å². The van der Waals surface area contributed by atoms with Crippen LogP contribution < -0.4 is 29.6 Å². The monoisotopic (exact) mass is 1620 g/mol. The second-order valence-corrected chi connectivity index (χ2v) is 27.6. The molecule has 2 aromatic rings. The number of carbonyl (C=O) groups is 7. The van der Waals surface area contributed by atoms with Crippen LogP contribution in [0.15, 0.2) is 137 Å².